The van der Waals surface area contributed by atoms with E-state index in [9.17, 15) is 4.79 Å². The summed E-state index contributed by atoms with van der Waals surface area (Å²) in [6.45, 7) is 6.72. The third kappa shape index (κ3) is 2.49. The summed E-state index contributed by atoms with van der Waals surface area (Å²) < 4.78 is 0. The van der Waals surface area contributed by atoms with E-state index in [1.165, 1.54) is 12.8 Å². The van der Waals surface area contributed by atoms with Crippen LogP contribution in [0.5, 0.6) is 0 Å². The molecule has 2 heteroatoms. The highest BCUT2D eigenvalue weighted by molar-refractivity contribution is 5.78. The van der Waals surface area contributed by atoms with Crippen LogP contribution in [0.15, 0.2) is 0 Å². The minimum Gasteiger partial charge on any atom is -0.359 e. The first kappa shape index (κ1) is 11.5. The van der Waals surface area contributed by atoms with E-state index in [1.54, 1.807) is 7.05 Å². The molecule has 14 heavy (non-hydrogen) atoms. The summed E-state index contributed by atoms with van der Waals surface area (Å²) in [6, 6.07) is 0. The van der Waals surface area contributed by atoms with E-state index >= 15 is 0 Å². The van der Waals surface area contributed by atoms with Crippen LogP contribution in [-0.2, 0) is 4.79 Å². The molecule has 0 aromatic carbocycles. The van der Waals surface area contributed by atoms with Crippen LogP contribution in [0.2, 0.25) is 0 Å². The van der Waals surface area contributed by atoms with Gasteiger partial charge in [-0.2, -0.15) is 0 Å². The third-order valence-electron chi connectivity index (χ3n) is 3.61. The number of carbonyl (C=O) groups excluding carboxylic acids is 1. The van der Waals surface area contributed by atoms with Crippen molar-refractivity contribution in [1.29, 1.82) is 0 Å². The molecule has 0 unspecified atom stereocenters. The Balaban J connectivity index is 2.68. The molecule has 1 fully saturated rings. The normalized spacial score (nSPS) is 33.1. The Morgan fingerprint density at radius 3 is 2.50 bits per heavy atom. The van der Waals surface area contributed by atoms with Gasteiger partial charge < -0.3 is 5.32 Å². The zero-order chi connectivity index (χ0) is 10.7. The zero-order valence-corrected chi connectivity index (χ0v) is 9.84. The lowest BCUT2D eigenvalue weighted by atomic mass is 9.70. The minimum absolute atomic E-state index is 0.246. The van der Waals surface area contributed by atoms with Crippen LogP contribution in [0.1, 0.15) is 40.0 Å². The van der Waals surface area contributed by atoms with Gasteiger partial charge in [0.15, 0.2) is 0 Å². The first-order valence-corrected chi connectivity index (χ1v) is 5.77. The Bertz CT molecular complexity index is 200. The van der Waals surface area contributed by atoms with E-state index in [0.717, 1.165) is 6.42 Å². The summed E-state index contributed by atoms with van der Waals surface area (Å²) in [7, 11) is 1.75. The molecule has 3 atom stereocenters. The molecule has 0 radical (unpaired) electrons. The van der Waals surface area contributed by atoms with Gasteiger partial charge in [-0.1, -0.05) is 27.2 Å². The molecule has 1 saturated carbocycles. The van der Waals surface area contributed by atoms with Crippen LogP contribution in [0.4, 0.5) is 0 Å². The van der Waals surface area contributed by atoms with Crippen LogP contribution >= 0.6 is 0 Å². The van der Waals surface area contributed by atoms with Gasteiger partial charge in [-0.15, -0.1) is 0 Å². The molecule has 1 aliphatic rings. The topological polar surface area (TPSA) is 29.1 Å². The molecular formula is C12H23NO. The lowest BCUT2D eigenvalue weighted by molar-refractivity contribution is -0.128. The van der Waals surface area contributed by atoms with Gasteiger partial charge in [0.2, 0.25) is 5.91 Å². The maximum absolute atomic E-state index is 11.7. The summed E-state index contributed by atoms with van der Waals surface area (Å²) in [4.78, 5) is 11.7. The summed E-state index contributed by atoms with van der Waals surface area (Å²) in [5, 5.41) is 2.80. The highest BCUT2D eigenvalue weighted by Crippen LogP contribution is 2.37. The quantitative estimate of drug-likeness (QED) is 0.724. The largest absolute Gasteiger partial charge is 0.359 e. The molecule has 0 heterocycles. The van der Waals surface area contributed by atoms with Gasteiger partial charge >= 0.3 is 0 Å². The van der Waals surface area contributed by atoms with Crippen molar-refractivity contribution < 1.29 is 4.79 Å². The first-order chi connectivity index (χ1) is 6.56. The highest BCUT2D eigenvalue weighted by Gasteiger charge is 2.34. The summed E-state index contributed by atoms with van der Waals surface area (Å²) in [6.07, 6.45) is 3.58. The van der Waals surface area contributed by atoms with Gasteiger partial charge in [0, 0.05) is 13.0 Å². The number of nitrogens with one attached hydrogen (secondary N) is 1. The fourth-order valence-corrected chi connectivity index (χ4v) is 2.69. The molecule has 0 bridgehead atoms. The van der Waals surface area contributed by atoms with Crippen LogP contribution in [0.25, 0.3) is 0 Å². The van der Waals surface area contributed by atoms with Crippen molar-refractivity contribution in [3.8, 4) is 0 Å². The highest BCUT2D eigenvalue weighted by atomic mass is 16.1. The predicted molar refractivity (Wildman–Crippen MR) is 58.9 cm³/mol. The van der Waals surface area contributed by atoms with Gasteiger partial charge in [-0.25, -0.2) is 0 Å². The van der Waals surface area contributed by atoms with Gasteiger partial charge in [0.25, 0.3) is 0 Å². The second-order valence-corrected chi connectivity index (χ2v) is 5.05. The Kier molecular flexibility index (Phi) is 3.97. The van der Waals surface area contributed by atoms with Crippen molar-refractivity contribution in [3.63, 3.8) is 0 Å². The van der Waals surface area contributed by atoms with Crippen molar-refractivity contribution in [1.82, 2.24) is 5.32 Å². The molecule has 1 N–H and O–H groups in total. The maximum atomic E-state index is 11.7. The molecule has 0 saturated heterocycles. The van der Waals surface area contributed by atoms with E-state index in [0.29, 0.717) is 17.8 Å². The summed E-state index contributed by atoms with van der Waals surface area (Å²) in [5.74, 6) is 2.43. The van der Waals surface area contributed by atoms with Crippen molar-refractivity contribution in [3.05, 3.63) is 0 Å². The number of hydrogen-bond donors (Lipinski definition) is 1. The maximum Gasteiger partial charge on any atom is 0.223 e. The summed E-state index contributed by atoms with van der Waals surface area (Å²) >= 11 is 0. The molecule has 82 valence electrons. The molecule has 0 aromatic rings. The minimum atomic E-state index is 0.246. The van der Waals surface area contributed by atoms with Crippen LogP contribution in [0.3, 0.4) is 0 Å². The van der Waals surface area contributed by atoms with Gasteiger partial charge in [0.1, 0.15) is 0 Å². The number of rotatable bonds is 2. The average Bonchev–Trinajstić information content (AvgIpc) is 2.16. The number of hydrogen-bond acceptors (Lipinski definition) is 1. The van der Waals surface area contributed by atoms with Gasteiger partial charge in [0.05, 0.1) is 0 Å². The second kappa shape index (κ2) is 4.81. The lowest BCUT2D eigenvalue weighted by Crippen LogP contribution is -2.38. The third-order valence-corrected chi connectivity index (χ3v) is 3.61. The fraction of sp³-hybridized carbons (Fsp3) is 0.917. The van der Waals surface area contributed by atoms with E-state index < -0.39 is 0 Å². The SMILES string of the molecule is CNC(=O)[C@H]1C[C@H](C)CC[C@H]1C(C)C. The molecule has 1 amide bonds. The van der Waals surface area contributed by atoms with Crippen LogP contribution < -0.4 is 5.32 Å². The smallest absolute Gasteiger partial charge is 0.223 e. The second-order valence-electron chi connectivity index (χ2n) is 5.05. The van der Waals surface area contributed by atoms with Gasteiger partial charge in [-0.05, 0) is 30.6 Å². The molecule has 2 nitrogen and oxygen atoms in total. The first-order valence-electron chi connectivity index (χ1n) is 5.77. The van der Waals surface area contributed by atoms with E-state index in [2.05, 4.69) is 26.1 Å². The standard InChI is InChI=1S/C12H23NO/c1-8(2)10-6-5-9(3)7-11(10)12(14)13-4/h8-11H,5-7H2,1-4H3,(H,13,14)/t9-,10+,11+/m1/s1. The zero-order valence-electron chi connectivity index (χ0n) is 9.84. The van der Waals surface area contributed by atoms with E-state index in [4.69, 9.17) is 0 Å². The van der Waals surface area contributed by atoms with Crippen molar-refractivity contribution >= 4 is 5.91 Å². The van der Waals surface area contributed by atoms with Crippen LogP contribution in [0, 0.1) is 23.7 Å². The Morgan fingerprint density at radius 2 is 2.00 bits per heavy atom. The fourth-order valence-electron chi connectivity index (χ4n) is 2.69. The van der Waals surface area contributed by atoms with Gasteiger partial charge in [-0.3, -0.25) is 4.79 Å². The van der Waals surface area contributed by atoms with Crippen molar-refractivity contribution in [2.24, 2.45) is 23.7 Å². The lowest BCUT2D eigenvalue weighted by Gasteiger charge is -2.36. The summed E-state index contributed by atoms with van der Waals surface area (Å²) in [5.41, 5.74) is 0. The predicted octanol–water partition coefficient (Wildman–Crippen LogP) is 2.44. The Labute approximate surface area is 87.5 Å². The van der Waals surface area contributed by atoms with Crippen LogP contribution in [-0.4, -0.2) is 13.0 Å². The van der Waals surface area contributed by atoms with E-state index in [-0.39, 0.29) is 11.8 Å². The molecule has 0 aromatic heterocycles. The molecule has 0 spiro atoms. The van der Waals surface area contributed by atoms with Crippen molar-refractivity contribution in [2.45, 2.75) is 40.0 Å². The number of carbonyl (C=O) groups is 1. The number of amides is 1. The molecular weight excluding hydrogens is 174 g/mol. The van der Waals surface area contributed by atoms with Crippen molar-refractivity contribution in [2.75, 3.05) is 7.05 Å². The average molecular weight is 197 g/mol. The molecule has 1 rings (SSSR count). The Hall–Kier alpha value is -0.530. The molecule has 0 aliphatic heterocycles. The Morgan fingerprint density at radius 1 is 1.36 bits per heavy atom. The monoisotopic (exact) mass is 197 g/mol. The van der Waals surface area contributed by atoms with E-state index in [1.807, 2.05) is 0 Å². The molecule has 1 aliphatic carbocycles.